The zero-order valence-electron chi connectivity index (χ0n) is 17.2. The summed E-state index contributed by atoms with van der Waals surface area (Å²) in [7, 11) is 1.82. The van der Waals surface area contributed by atoms with Crippen molar-refractivity contribution in [1.82, 2.24) is 35.3 Å². The van der Waals surface area contributed by atoms with Crippen molar-refractivity contribution in [2.45, 2.75) is 6.42 Å². The van der Waals surface area contributed by atoms with Crippen LogP contribution in [0.4, 0.5) is 5.82 Å². The zero-order valence-corrected chi connectivity index (χ0v) is 17.2. The summed E-state index contributed by atoms with van der Waals surface area (Å²) in [6.45, 7) is 3.62. The molecule has 0 spiro atoms. The Morgan fingerprint density at radius 2 is 1.97 bits per heavy atom. The molecule has 5 heterocycles. The molecule has 5 rings (SSSR count). The quantitative estimate of drug-likeness (QED) is 0.492. The van der Waals surface area contributed by atoms with Crippen LogP contribution in [0.3, 0.4) is 0 Å². The number of hydrogen-bond donors (Lipinski definition) is 1. The number of ketones is 1. The van der Waals surface area contributed by atoms with Crippen LogP contribution in [0.15, 0.2) is 49.1 Å². The van der Waals surface area contributed by atoms with Gasteiger partial charge in [0, 0.05) is 67.8 Å². The first-order valence-corrected chi connectivity index (χ1v) is 10.2. The molecule has 0 radical (unpaired) electrons. The Bertz CT molecular complexity index is 1250. The maximum absolute atomic E-state index is 12.9. The van der Waals surface area contributed by atoms with Gasteiger partial charge < -0.3 is 10.2 Å². The molecule has 0 bridgehead atoms. The second-order valence-corrected chi connectivity index (χ2v) is 7.61. The van der Waals surface area contributed by atoms with Gasteiger partial charge in [-0.3, -0.25) is 19.4 Å². The third kappa shape index (κ3) is 4.13. The molecule has 9 heteroatoms. The van der Waals surface area contributed by atoms with Gasteiger partial charge in [0.05, 0.1) is 24.3 Å². The van der Waals surface area contributed by atoms with Crippen LogP contribution in [0.2, 0.25) is 0 Å². The molecule has 4 aromatic rings. The molecule has 0 atom stereocenters. The summed E-state index contributed by atoms with van der Waals surface area (Å²) >= 11 is 0. The van der Waals surface area contributed by atoms with Crippen molar-refractivity contribution in [2.24, 2.45) is 7.05 Å². The minimum absolute atomic E-state index is 0.0173. The highest BCUT2D eigenvalue weighted by Gasteiger charge is 2.15. The monoisotopic (exact) mass is 414 g/mol. The molecule has 1 fully saturated rings. The molecule has 0 amide bonds. The summed E-state index contributed by atoms with van der Waals surface area (Å²) in [6, 6.07) is 7.56. The number of Topliss-reactive ketones (excluding diaryl/α,β-unsaturated/α-hetero) is 1. The maximum atomic E-state index is 12.9. The fraction of sp³-hybridized carbons (Fsp3) is 0.273. The first-order chi connectivity index (χ1) is 15.2. The predicted octanol–water partition coefficient (Wildman–Crippen LogP) is 1.66. The SMILES string of the molecule is Cn1cc(-c2cnc3cnc(CC(=O)c4ccnc(N5CCNCC5)c4)cc3c2)nn1. The van der Waals surface area contributed by atoms with Gasteiger partial charge in [0.2, 0.25) is 0 Å². The van der Waals surface area contributed by atoms with Crippen LogP contribution in [-0.4, -0.2) is 61.9 Å². The van der Waals surface area contributed by atoms with Crippen LogP contribution < -0.4 is 10.2 Å². The highest BCUT2D eigenvalue weighted by Crippen LogP contribution is 2.21. The Morgan fingerprint density at radius 3 is 2.77 bits per heavy atom. The zero-order chi connectivity index (χ0) is 21.2. The Labute approximate surface area is 179 Å². The highest BCUT2D eigenvalue weighted by atomic mass is 16.1. The minimum Gasteiger partial charge on any atom is -0.354 e. The second kappa shape index (κ2) is 8.19. The topological polar surface area (TPSA) is 102 Å². The normalized spacial score (nSPS) is 14.2. The van der Waals surface area contributed by atoms with E-state index in [4.69, 9.17) is 0 Å². The number of pyridine rings is 3. The average Bonchev–Trinajstić information content (AvgIpc) is 3.25. The van der Waals surface area contributed by atoms with E-state index >= 15 is 0 Å². The van der Waals surface area contributed by atoms with Gasteiger partial charge in [0.1, 0.15) is 11.5 Å². The van der Waals surface area contributed by atoms with E-state index in [-0.39, 0.29) is 12.2 Å². The number of carbonyl (C=O) groups excluding carboxylic acids is 1. The Kier molecular flexibility index (Phi) is 5.09. The molecule has 156 valence electrons. The second-order valence-electron chi connectivity index (χ2n) is 7.61. The molecule has 31 heavy (non-hydrogen) atoms. The Morgan fingerprint density at radius 1 is 1.10 bits per heavy atom. The summed E-state index contributed by atoms with van der Waals surface area (Å²) in [4.78, 5) is 28.5. The highest BCUT2D eigenvalue weighted by molar-refractivity contribution is 5.98. The van der Waals surface area contributed by atoms with Crippen LogP contribution in [0, 0.1) is 0 Å². The third-order valence-corrected chi connectivity index (χ3v) is 5.37. The van der Waals surface area contributed by atoms with Crippen molar-refractivity contribution in [3.63, 3.8) is 0 Å². The molecular formula is C22H22N8O. The van der Waals surface area contributed by atoms with Crippen molar-refractivity contribution in [2.75, 3.05) is 31.1 Å². The maximum Gasteiger partial charge on any atom is 0.169 e. The van der Waals surface area contributed by atoms with Crippen molar-refractivity contribution >= 4 is 22.5 Å². The van der Waals surface area contributed by atoms with E-state index < -0.39 is 0 Å². The van der Waals surface area contributed by atoms with Crippen molar-refractivity contribution in [3.05, 3.63) is 60.3 Å². The molecule has 0 aromatic carbocycles. The predicted molar refractivity (Wildman–Crippen MR) is 117 cm³/mol. The summed E-state index contributed by atoms with van der Waals surface area (Å²) in [5.74, 6) is 0.861. The molecule has 0 unspecified atom stereocenters. The number of fused-ring (bicyclic) bond motifs is 1. The van der Waals surface area contributed by atoms with Crippen molar-refractivity contribution in [1.29, 1.82) is 0 Å². The van der Waals surface area contributed by atoms with Gasteiger partial charge in [0.25, 0.3) is 0 Å². The number of rotatable bonds is 5. The van der Waals surface area contributed by atoms with Crippen LogP contribution in [0.1, 0.15) is 16.1 Å². The molecule has 9 nitrogen and oxygen atoms in total. The number of piperazine rings is 1. The fourth-order valence-electron chi connectivity index (χ4n) is 3.72. The van der Waals surface area contributed by atoms with Crippen molar-refractivity contribution in [3.8, 4) is 11.3 Å². The summed E-state index contributed by atoms with van der Waals surface area (Å²) in [5.41, 5.74) is 3.75. The van der Waals surface area contributed by atoms with Gasteiger partial charge in [0.15, 0.2) is 5.78 Å². The number of nitrogens with zero attached hydrogens (tertiary/aromatic N) is 7. The number of nitrogens with one attached hydrogen (secondary N) is 1. The van der Waals surface area contributed by atoms with Crippen LogP contribution in [0.5, 0.6) is 0 Å². The van der Waals surface area contributed by atoms with Crippen LogP contribution >= 0.6 is 0 Å². The number of aryl methyl sites for hydroxylation is 1. The van der Waals surface area contributed by atoms with Crippen LogP contribution in [0.25, 0.3) is 22.2 Å². The van der Waals surface area contributed by atoms with Gasteiger partial charge >= 0.3 is 0 Å². The Hall–Kier alpha value is -3.72. The molecular weight excluding hydrogens is 392 g/mol. The number of aromatic nitrogens is 6. The smallest absolute Gasteiger partial charge is 0.169 e. The van der Waals surface area contributed by atoms with E-state index in [0.717, 1.165) is 54.2 Å². The third-order valence-electron chi connectivity index (χ3n) is 5.37. The lowest BCUT2D eigenvalue weighted by atomic mass is 10.1. The standard InChI is InChI=1S/C22H22N8O/c1-29-14-20(27-28-29)17-8-16-9-18(25-13-19(16)26-12-17)11-21(31)15-2-3-24-22(10-15)30-6-4-23-5-7-30/h2-3,8-10,12-14,23H,4-7,11H2,1H3. The summed E-state index contributed by atoms with van der Waals surface area (Å²) in [5, 5.41) is 12.4. The van der Waals surface area contributed by atoms with E-state index in [9.17, 15) is 4.79 Å². The Balaban J connectivity index is 1.37. The van der Waals surface area contributed by atoms with Gasteiger partial charge in [-0.05, 0) is 24.3 Å². The lowest BCUT2D eigenvalue weighted by molar-refractivity contribution is 0.0992. The lowest BCUT2D eigenvalue weighted by Crippen LogP contribution is -2.43. The van der Waals surface area contributed by atoms with Gasteiger partial charge in [-0.15, -0.1) is 5.10 Å². The molecule has 4 aromatic heterocycles. The molecule has 1 saturated heterocycles. The van der Waals surface area contributed by atoms with Crippen molar-refractivity contribution < 1.29 is 4.79 Å². The largest absolute Gasteiger partial charge is 0.354 e. The molecule has 1 aliphatic rings. The van der Waals surface area contributed by atoms with E-state index in [1.807, 2.05) is 31.4 Å². The lowest BCUT2D eigenvalue weighted by Gasteiger charge is -2.28. The van der Waals surface area contributed by atoms with E-state index in [1.54, 1.807) is 29.3 Å². The fourth-order valence-corrected chi connectivity index (χ4v) is 3.72. The van der Waals surface area contributed by atoms with E-state index in [2.05, 4.69) is 35.5 Å². The first kappa shape index (κ1) is 19.3. The first-order valence-electron chi connectivity index (χ1n) is 10.2. The summed E-state index contributed by atoms with van der Waals surface area (Å²) in [6.07, 6.45) is 7.23. The molecule has 1 aliphatic heterocycles. The van der Waals surface area contributed by atoms with E-state index in [0.29, 0.717) is 11.3 Å². The number of anilines is 1. The minimum atomic E-state index is 0.0173. The molecule has 0 aliphatic carbocycles. The number of carbonyl (C=O) groups is 1. The van der Waals surface area contributed by atoms with E-state index in [1.165, 1.54) is 0 Å². The molecule has 0 saturated carbocycles. The average molecular weight is 414 g/mol. The summed E-state index contributed by atoms with van der Waals surface area (Å²) < 4.78 is 1.65. The van der Waals surface area contributed by atoms with Gasteiger partial charge in [-0.1, -0.05) is 5.21 Å². The van der Waals surface area contributed by atoms with Gasteiger partial charge in [-0.2, -0.15) is 0 Å². The van der Waals surface area contributed by atoms with Gasteiger partial charge in [-0.25, -0.2) is 4.98 Å². The van der Waals surface area contributed by atoms with Crippen LogP contribution in [-0.2, 0) is 13.5 Å². The molecule has 1 N–H and O–H groups in total. The number of hydrogen-bond acceptors (Lipinski definition) is 8.